The molecular formula is C22H20N2S. The van der Waals surface area contributed by atoms with Crippen molar-refractivity contribution in [2.75, 3.05) is 5.75 Å². The normalized spacial score (nSPS) is 10.6. The largest absolute Gasteiger partial charge is 0.240 e. The molecule has 3 rings (SSSR count). The van der Waals surface area contributed by atoms with E-state index < -0.39 is 0 Å². The summed E-state index contributed by atoms with van der Waals surface area (Å²) in [5.41, 5.74) is 4.63. The molecule has 0 aliphatic heterocycles. The molecule has 0 amide bonds. The Labute approximate surface area is 153 Å². The molecule has 0 bridgehead atoms. The van der Waals surface area contributed by atoms with Crippen molar-refractivity contribution in [1.82, 2.24) is 4.98 Å². The van der Waals surface area contributed by atoms with Crippen LogP contribution in [0.15, 0.2) is 71.8 Å². The Bertz CT molecular complexity index is 881. The number of aromatic nitrogens is 1. The van der Waals surface area contributed by atoms with Crippen LogP contribution >= 0.6 is 11.8 Å². The molecule has 0 atom stereocenters. The molecule has 2 nitrogen and oxygen atoms in total. The van der Waals surface area contributed by atoms with Gasteiger partial charge in [-0.1, -0.05) is 74.5 Å². The summed E-state index contributed by atoms with van der Waals surface area (Å²) in [7, 11) is 0. The summed E-state index contributed by atoms with van der Waals surface area (Å²) in [5.74, 6) is 1.48. The van der Waals surface area contributed by atoms with Gasteiger partial charge < -0.3 is 0 Å². The Kier molecular flexibility index (Phi) is 5.53. The van der Waals surface area contributed by atoms with E-state index >= 15 is 0 Å². The lowest BCUT2D eigenvalue weighted by atomic mass is 9.99. The highest BCUT2D eigenvalue weighted by molar-refractivity contribution is 7.99. The lowest BCUT2D eigenvalue weighted by molar-refractivity contribution is 0.749. The maximum absolute atomic E-state index is 9.78. The minimum Gasteiger partial charge on any atom is -0.240 e. The maximum Gasteiger partial charge on any atom is 0.115 e. The highest BCUT2D eigenvalue weighted by Gasteiger charge is 2.16. The van der Waals surface area contributed by atoms with Gasteiger partial charge in [-0.3, -0.25) is 0 Å². The smallest absolute Gasteiger partial charge is 0.115 e. The minimum absolute atomic E-state index is 0.541. The number of pyridine rings is 1. The van der Waals surface area contributed by atoms with Gasteiger partial charge in [-0.05, 0) is 17.5 Å². The molecule has 0 saturated carbocycles. The van der Waals surface area contributed by atoms with E-state index in [1.54, 1.807) is 11.8 Å². The maximum atomic E-state index is 9.78. The van der Waals surface area contributed by atoms with Gasteiger partial charge in [-0.15, -0.1) is 11.8 Å². The molecule has 1 heterocycles. The van der Waals surface area contributed by atoms with Crippen LogP contribution < -0.4 is 0 Å². The second kappa shape index (κ2) is 8.00. The van der Waals surface area contributed by atoms with Gasteiger partial charge >= 0.3 is 0 Å². The van der Waals surface area contributed by atoms with Crippen LogP contribution in [0.3, 0.4) is 0 Å². The third-order valence-corrected chi connectivity index (χ3v) is 5.21. The molecule has 25 heavy (non-hydrogen) atoms. The average Bonchev–Trinajstić information content (AvgIpc) is 2.67. The van der Waals surface area contributed by atoms with E-state index in [9.17, 15) is 5.26 Å². The summed E-state index contributed by atoms with van der Waals surface area (Å²) in [6.07, 6.45) is 0. The Morgan fingerprint density at radius 2 is 1.56 bits per heavy atom. The number of benzene rings is 2. The van der Waals surface area contributed by atoms with E-state index in [-0.39, 0.29) is 0 Å². The molecule has 0 N–H and O–H groups in total. The van der Waals surface area contributed by atoms with Crippen LogP contribution in [-0.2, 0) is 0 Å². The third-order valence-electron chi connectivity index (χ3n) is 3.81. The van der Waals surface area contributed by atoms with Crippen LogP contribution in [0.25, 0.3) is 22.4 Å². The van der Waals surface area contributed by atoms with Crippen molar-refractivity contribution in [2.24, 2.45) is 5.92 Å². The predicted octanol–water partition coefficient (Wildman–Crippen LogP) is 6.04. The van der Waals surface area contributed by atoms with Gasteiger partial charge in [-0.2, -0.15) is 5.26 Å². The summed E-state index contributed by atoms with van der Waals surface area (Å²) in [6, 6.07) is 24.6. The fourth-order valence-electron chi connectivity index (χ4n) is 2.58. The number of rotatable bonds is 5. The lowest BCUT2D eigenvalue weighted by Crippen LogP contribution is -1.98. The van der Waals surface area contributed by atoms with E-state index in [0.717, 1.165) is 33.2 Å². The van der Waals surface area contributed by atoms with Crippen molar-refractivity contribution in [2.45, 2.75) is 18.9 Å². The first-order valence-electron chi connectivity index (χ1n) is 8.38. The van der Waals surface area contributed by atoms with Gasteiger partial charge in [0.05, 0.1) is 11.3 Å². The zero-order chi connectivity index (χ0) is 17.6. The molecule has 3 aromatic rings. The van der Waals surface area contributed by atoms with Crippen LogP contribution in [0.5, 0.6) is 0 Å². The standard InChI is InChI=1S/C22H20N2S/c1-16(2)15-25-22-20(14-23)19(17-9-5-3-6-10-17)13-21(24-22)18-11-7-4-8-12-18/h3-13,16H,15H2,1-2H3. The average molecular weight is 344 g/mol. The summed E-state index contributed by atoms with van der Waals surface area (Å²) < 4.78 is 0. The van der Waals surface area contributed by atoms with Crippen LogP contribution in [0.1, 0.15) is 19.4 Å². The van der Waals surface area contributed by atoms with Crippen molar-refractivity contribution in [3.05, 3.63) is 72.3 Å². The molecule has 3 heteroatoms. The quantitative estimate of drug-likeness (QED) is 0.530. The summed E-state index contributed by atoms with van der Waals surface area (Å²) >= 11 is 1.66. The van der Waals surface area contributed by atoms with E-state index in [4.69, 9.17) is 4.98 Å². The van der Waals surface area contributed by atoms with Crippen LogP contribution in [-0.4, -0.2) is 10.7 Å². The lowest BCUT2D eigenvalue weighted by Gasteiger charge is -2.13. The molecule has 124 valence electrons. The number of hydrogen-bond donors (Lipinski definition) is 0. The van der Waals surface area contributed by atoms with Gasteiger partial charge in [0, 0.05) is 16.9 Å². The van der Waals surface area contributed by atoms with Crippen LogP contribution in [0, 0.1) is 17.2 Å². The number of hydrogen-bond acceptors (Lipinski definition) is 3. The summed E-state index contributed by atoms with van der Waals surface area (Å²) in [6.45, 7) is 4.36. The van der Waals surface area contributed by atoms with E-state index in [0.29, 0.717) is 11.5 Å². The van der Waals surface area contributed by atoms with Crippen molar-refractivity contribution in [3.8, 4) is 28.5 Å². The number of thioether (sulfide) groups is 1. The van der Waals surface area contributed by atoms with Crippen molar-refractivity contribution in [3.63, 3.8) is 0 Å². The predicted molar refractivity (Wildman–Crippen MR) is 105 cm³/mol. The van der Waals surface area contributed by atoms with Gasteiger partial charge in [0.2, 0.25) is 0 Å². The van der Waals surface area contributed by atoms with E-state index in [1.807, 2.05) is 54.6 Å². The summed E-state index contributed by atoms with van der Waals surface area (Å²) in [5, 5.41) is 10.6. The monoisotopic (exact) mass is 344 g/mol. The SMILES string of the molecule is CC(C)CSc1nc(-c2ccccc2)cc(-c2ccccc2)c1C#N. The van der Waals surface area contributed by atoms with Gasteiger partial charge in [0.15, 0.2) is 0 Å². The first-order valence-corrected chi connectivity index (χ1v) is 9.36. The molecule has 2 aromatic carbocycles. The Balaban J connectivity index is 2.18. The molecule has 0 spiro atoms. The fourth-order valence-corrected chi connectivity index (χ4v) is 3.54. The number of nitrogens with zero attached hydrogens (tertiary/aromatic N) is 2. The second-order valence-electron chi connectivity index (χ2n) is 6.28. The van der Waals surface area contributed by atoms with Gasteiger partial charge in [0.25, 0.3) is 0 Å². The van der Waals surface area contributed by atoms with Crippen LogP contribution in [0.4, 0.5) is 0 Å². The minimum atomic E-state index is 0.541. The fraction of sp³-hybridized carbons (Fsp3) is 0.182. The highest BCUT2D eigenvalue weighted by Crippen LogP contribution is 2.34. The molecule has 0 aliphatic rings. The zero-order valence-electron chi connectivity index (χ0n) is 14.4. The van der Waals surface area contributed by atoms with E-state index in [1.165, 1.54) is 0 Å². The third kappa shape index (κ3) is 4.10. The first kappa shape index (κ1) is 17.3. The van der Waals surface area contributed by atoms with Crippen molar-refractivity contribution >= 4 is 11.8 Å². The molecule has 1 aromatic heterocycles. The molecule has 0 aliphatic carbocycles. The second-order valence-corrected chi connectivity index (χ2v) is 7.29. The zero-order valence-corrected chi connectivity index (χ0v) is 15.3. The Hall–Kier alpha value is -2.57. The molecule has 0 radical (unpaired) electrons. The van der Waals surface area contributed by atoms with Gasteiger partial charge in [0.1, 0.15) is 11.1 Å². The molecule has 0 saturated heterocycles. The number of nitriles is 1. The van der Waals surface area contributed by atoms with Gasteiger partial charge in [-0.25, -0.2) is 4.98 Å². The highest BCUT2D eigenvalue weighted by atomic mass is 32.2. The summed E-state index contributed by atoms with van der Waals surface area (Å²) in [4.78, 5) is 4.81. The van der Waals surface area contributed by atoms with E-state index in [2.05, 4.69) is 32.0 Å². The Morgan fingerprint density at radius 1 is 0.960 bits per heavy atom. The van der Waals surface area contributed by atoms with Crippen molar-refractivity contribution in [1.29, 1.82) is 5.26 Å². The topological polar surface area (TPSA) is 36.7 Å². The van der Waals surface area contributed by atoms with Crippen LogP contribution in [0.2, 0.25) is 0 Å². The first-order chi connectivity index (χ1) is 12.2. The molecular weight excluding hydrogens is 324 g/mol. The Morgan fingerprint density at radius 3 is 2.12 bits per heavy atom. The van der Waals surface area contributed by atoms with Crippen molar-refractivity contribution < 1.29 is 0 Å². The molecule has 0 unspecified atom stereocenters. The molecule has 0 fully saturated rings.